The fraction of sp³-hybridized carbons (Fsp3) is 0.0250. The van der Waals surface area contributed by atoms with E-state index < -0.39 is 10.8 Å². The molecule has 388 valence electrons. The van der Waals surface area contributed by atoms with E-state index in [-0.39, 0.29) is 0 Å². The minimum atomic E-state index is -0.558. The molecule has 17 rings (SSSR count). The second-order valence-electron chi connectivity index (χ2n) is 22.2. The fourth-order valence-electron chi connectivity index (χ4n) is 14.6. The predicted molar refractivity (Wildman–Crippen MR) is 338 cm³/mol. The molecule has 0 aromatic heterocycles. The number of fused-ring (bicyclic) bond motifs is 18. The number of para-hydroxylation sites is 6. The summed E-state index contributed by atoms with van der Waals surface area (Å²) in [6, 6.07) is 113. The molecule has 83 heavy (non-hydrogen) atoms. The molecule has 0 saturated carbocycles. The van der Waals surface area contributed by atoms with E-state index in [0.29, 0.717) is 0 Å². The monoisotopic (exact) mass is 1060 g/mol. The molecular weight excluding hydrogens is 1010 g/mol. The largest absolute Gasteiger partial charge is 0.457 e. The number of rotatable bonds is 7. The van der Waals surface area contributed by atoms with Gasteiger partial charge >= 0.3 is 0 Å². The highest BCUT2D eigenvalue weighted by Crippen LogP contribution is 2.64. The lowest BCUT2D eigenvalue weighted by atomic mass is 9.66. The third-order valence-electron chi connectivity index (χ3n) is 18.1. The zero-order valence-electron chi connectivity index (χ0n) is 45.2. The average molecular weight is 1060 g/mol. The van der Waals surface area contributed by atoms with Crippen molar-refractivity contribution in [3.05, 3.63) is 354 Å². The van der Waals surface area contributed by atoms with Gasteiger partial charge in [-0.05, 0) is 139 Å². The van der Waals surface area contributed by atoms with Gasteiger partial charge in [0.1, 0.15) is 23.0 Å². The third-order valence-corrected chi connectivity index (χ3v) is 18.1. The lowest BCUT2D eigenvalue weighted by Crippen LogP contribution is -2.32. The maximum atomic E-state index is 6.69. The van der Waals surface area contributed by atoms with E-state index in [4.69, 9.17) is 9.47 Å². The van der Waals surface area contributed by atoms with Crippen LogP contribution in [0, 0.1) is 0 Å². The van der Waals surface area contributed by atoms with Crippen molar-refractivity contribution in [3.8, 4) is 89.8 Å². The molecule has 4 aliphatic rings. The molecule has 3 heteroatoms. The smallest absolute Gasteiger partial charge is 0.132 e. The molecule has 13 aromatic carbocycles. The number of hydrogen-bond acceptors (Lipinski definition) is 3. The summed E-state index contributed by atoms with van der Waals surface area (Å²) in [5.74, 6) is 3.55. The minimum Gasteiger partial charge on any atom is -0.457 e. The minimum absolute atomic E-state index is 0.558. The summed E-state index contributed by atoms with van der Waals surface area (Å²) in [5.41, 5.74) is 25.9. The van der Waals surface area contributed by atoms with Crippen LogP contribution in [0.25, 0.3) is 66.8 Å². The van der Waals surface area contributed by atoms with Gasteiger partial charge in [-0.1, -0.05) is 249 Å². The molecule has 2 heterocycles. The van der Waals surface area contributed by atoms with Crippen LogP contribution in [0.1, 0.15) is 44.5 Å². The molecule has 0 bridgehead atoms. The molecule has 0 amide bonds. The van der Waals surface area contributed by atoms with Crippen molar-refractivity contribution >= 4 is 17.1 Å². The van der Waals surface area contributed by atoms with E-state index in [1.807, 2.05) is 0 Å². The Balaban J connectivity index is 0.847. The highest BCUT2D eigenvalue weighted by molar-refractivity contribution is 5.98. The molecule has 3 nitrogen and oxygen atoms in total. The maximum absolute atomic E-state index is 6.69. The van der Waals surface area contributed by atoms with Crippen molar-refractivity contribution in [1.29, 1.82) is 0 Å². The maximum Gasteiger partial charge on any atom is 0.132 e. The first-order valence-electron chi connectivity index (χ1n) is 28.6. The zero-order chi connectivity index (χ0) is 54.6. The molecule has 13 aromatic rings. The molecule has 0 radical (unpaired) electrons. The molecule has 2 aliphatic carbocycles. The highest BCUT2D eigenvalue weighted by atomic mass is 16.5. The number of benzene rings is 13. The van der Waals surface area contributed by atoms with Crippen molar-refractivity contribution in [1.82, 2.24) is 0 Å². The summed E-state index contributed by atoms with van der Waals surface area (Å²) in [4.78, 5) is 2.48. The predicted octanol–water partition coefficient (Wildman–Crippen LogP) is 20.8. The Hall–Kier alpha value is -10.7. The highest BCUT2D eigenvalue weighted by Gasteiger charge is 2.52. The molecule has 0 atom stereocenters. The Bertz CT molecular complexity index is 4420. The van der Waals surface area contributed by atoms with E-state index in [1.165, 1.54) is 61.2 Å². The molecule has 0 saturated heterocycles. The summed E-state index contributed by atoms with van der Waals surface area (Å²) >= 11 is 0. The second-order valence-corrected chi connectivity index (χ2v) is 22.2. The zero-order valence-corrected chi connectivity index (χ0v) is 45.2. The van der Waals surface area contributed by atoms with Crippen molar-refractivity contribution in [2.24, 2.45) is 0 Å². The van der Waals surface area contributed by atoms with Crippen LogP contribution >= 0.6 is 0 Å². The second kappa shape index (κ2) is 18.4. The van der Waals surface area contributed by atoms with Crippen molar-refractivity contribution in [2.75, 3.05) is 4.90 Å². The van der Waals surface area contributed by atoms with E-state index in [1.54, 1.807) is 0 Å². The lowest BCUT2D eigenvalue weighted by molar-refractivity contribution is 0.436. The van der Waals surface area contributed by atoms with Gasteiger partial charge < -0.3 is 14.4 Å². The van der Waals surface area contributed by atoms with Crippen LogP contribution in [0.15, 0.2) is 309 Å². The first kappa shape index (κ1) is 47.1. The van der Waals surface area contributed by atoms with Crippen molar-refractivity contribution < 1.29 is 9.47 Å². The number of nitrogens with zero attached hydrogens (tertiary/aromatic N) is 1. The normalized spacial score (nSPS) is 13.7. The van der Waals surface area contributed by atoms with Crippen LogP contribution in [0.2, 0.25) is 0 Å². The van der Waals surface area contributed by atoms with Gasteiger partial charge in [0.2, 0.25) is 0 Å². The molecule has 0 unspecified atom stereocenters. The van der Waals surface area contributed by atoms with E-state index in [9.17, 15) is 0 Å². The van der Waals surface area contributed by atoms with Crippen LogP contribution in [-0.2, 0) is 10.8 Å². The van der Waals surface area contributed by atoms with Gasteiger partial charge in [0.05, 0.1) is 22.2 Å². The first-order chi connectivity index (χ1) is 41.2. The van der Waals surface area contributed by atoms with Crippen LogP contribution in [0.3, 0.4) is 0 Å². The molecular formula is C80H51NO2. The number of ether oxygens (including phenoxy) is 2. The van der Waals surface area contributed by atoms with Crippen LogP contribution in [-0.4, -0.2) is 0 Å². The summed E-state index contributed by atoms with van der Waals surface area (Å²) in [6.45, 7) is 0. The molecule has 2 spiro atoms. The van der Waals surface area contributed by atoms with E-state index in [2.05, 4.69) is 314 Å². The van der Waals surface area contributed by atoms with Crippen molar-refractivity contribution in [3.63, 3.8) is 0 Å². The van der Waals surface area contributed by atoms with Gasteiger partial charge in [-0.2, -0.15) is 0 Å². The van der Waals surface area contributed by atoms with E-state index >= 15 is 0 Å². The average Bonchev–Trinajstić information content (AvgIpc) is 2.04. The molecule has 0 fully saturated rings. The van der Waals surface area contributed by atoms with Gasteiger partial charge in [0, 0.05) is 39.1 Å². The Morgan fingerprint density at radius 3 is 0.904 bits per heavy atom. The van der Waals surface area contributed by atoms with Crippen LogP contribution < -0.4 is 14.4 Å². The number of hydrogen-bond donors (Lipinski definition) is 0. The van der Waals surface area contributed by atoms with E-state index in [0.717, 1.165) is 90.1 Å². The Kier molecular flexibility index (Phi) is 10.4. The summed E-state index contributed by atoms with van der Waals surface area (Å²) in [6.07, 6.45) is 0. The van der Waals surface area contributed by atoms with Gasteiger partial charge in [-0.3, -0.25) is 0 Å². The lowest BCUT2D eigenvalue weighted by Gasteiger charge is -2.39. The number of anilines is 3. The summed E-state index contributed by atoms with van der Waals surface area (Å²) < 4.78 is 13.4. The van der Waals surface area contributed by atoms with Crippen LogP contribution in [0.4, 0.5) is 17.1 Å². The molecule has 0 N–H and O–H groups in total. The summed E-state index contributed by atoms with van der Waals surface area (Å²) in [5, 5.41) is 0. The van der Waals surface area contributed by atoms with Gasteiger partial charge in [0.25, 0.3) is 0 Å². The summed E-state index contributed by atoms with van der Waals surface area (Å²) in [7, 11) is 0. The quantitative estimate of drug-likeness (QED) is 0.159. The fourth-order valence-corrected chi connectivity index (χ4v) is 14.6. The Morgan fingerprint density at radius 2 is 0.494 bits per heavy atom. The third kappa shape index (κ3) is 6.86. The molecule has 2 aliphatic heterocycles. The van der Waals surface area contributed by atoms with Gasteiger partial charge in [-0.15, -0.1) is 0 Å². The Morgan fingerprint density at radius 1 is 0.205 bits per heavy atom. The van der Waals surface area contributed by atoms with Crippen molar-refractivity contribution in [2.45, 2.75) is 10.8 Å². The SMILES string of the molecule is c1ccc(-c2ccc(-c3ccc(N(c4ccccc4-c4ccc5c(c4)-c4ccccc4C54c5ccccc5Oc5ccccc54)c4ccccc4-c4ccc5c(c4)-c4ccccc4C54c5ccccc5Oc5ccccc54)cc3)cc2)cc1. The Labute approximate surface area is 483 Å². The van der Waals surface area contributed by atoms with Crippen LogP contribution in [0.5, 0.6) is 23.0 Å². The first-order valence-corrected chi connectivity index (χ1v) is 28.6. The topological polar surface area (TPSA) is 21.7 Å². The van der Waals surface area contributed by atoms with Gasteiger partial charge in [-0.25, -0.2) is 0 Å². The standard InChI is InChI=1S/C80H51NO2/c1-2-20-52(21-3-1)53-38-40-54(41-39-53)55-42-46-58(47-43-55)81(73-32-14-6-22-59(73)56-44-48-67-63(50-56)61-24-4-8-26-65(61)79(67)69-28-10-16-34-75(69)82-76-35-17-11-29-70(76)79)74-33-15-7-23-60(74)57-45-49-68-64(51-57)62-25-5-9-27-66(62)80(68)71-30-12-18-36-77(71)83-78-37-19-13-31-72(78)80/h1-51H. The van der Waals surface area contributed by atoms with Gasteiger partial charge in [0.15, 0.2) is 0 Å².